The molecule has 0 unspecified atom stereocenters. The highest BCUT2D eigenvalue weighted by Gasteiger charge is 2.28. The topological polar surface area (TPSA) is 49.3 Å². The highest BCUT2D eigenvalue weighted by atomic mass is 16.3. The van der Waals surface area contributed by atoms with Gasteiger partial charge in [0, 0.05) is 64.6 Å². The molecule has 17 rings (SSSR count). The minimum Gasteiger partial charge on any atom is -0.455 e. The summed E-state index contributed by atoms with van der Waals surface area (Å²) in [4.78, 5) is 0. The van der Waals surface area contributed by atoms with Crippen LogP contribution in [0.5, 0.6) is 0 Å². The molecule has 0 N–H and O–H groups in total. The lowest BCUT2D eigenvalue weighted by atomic mass is 9.95. The smallest absolute Gasteiger partial charge is 0.159 e. The number of benzene rings is 10. The average Bonchev–Trinajstić information content (AvgIpc) is 4.30. The van der Waals surface area contributed by atoms with Crippen molar-refractivity contribution in [2.24, 2.45) is 0 Å². The maximum absolute atomic E-state index is 7.36. The predicted molar refractivity (Wildman–Crippen MR) is 294 cm³/mol. The SMILES string of the molecule is c1cc(C2CCCC2)c2oc3c(-n4c5ccccc5c5cccc6c7oc8c(cc9c%10c(cccc8%10)c8ccccc8n9-c8cccc9c8oc8c(C%10CCCC%10)cccc89)c7cc4c56)cccc3c2c1. The molecule has 71 heavy (non-hydrogen) atoms. The summed E-state index contributed by atoms with van der Waals surface area (Å²) in [5.41, 5.74) is 15.0. The van der Waals surface area contributed by atoms with E-state index in [1.54, 1.807) is 0 Å². The Balaban J connectivity index is 1.01. The minimum absolute atomic E-state index is 0.532. The van der Waals surface area contributed by atoms with Crippen molar-refractivity contribution in [2.75, 3.05) is 0 Å². The number of hydrogen-bond acceptors (Lipinski definition) is 3. The summed E-state index contributed by atoms with van der Waals surface area (Å²) >= 11 is 0. The van der Waals surface area contributed by atoms with E-state index in [2.05, 4.69) is 179 Å². The number of nitrogens with zero attached hydrogens (tertiary/aromatic N) is 2. The van der Waals surface area contributed by atoms with Gasteiger partial charge in [-0.05, 0) is 95.8 Å². The first-order valence-corrected chi connectivity index (χ1v) is 25.8. The second-order valence-corrected chi connectivity index (χ2v) is 20.7. The molecule has 2 saturated carbocycles. The van der Waals surface area contributed by atoms with Crippen molar-refractivity contribution < 1.29 is 13.3 Å². The third kappa shape index (κ3) is 5.10. The van der Waals surface area contributed by atoms with Crippen molar-refractivity contribution in [1.29, 1.82) is 0 Å². The third-order valence-electron chi connectivity index (χ3n) is 17.2. The number of fused-ring (bicyclic) bond motifs is 15. The molecule has 0 amide bonds. The Bertz CT molecular complexity index is 4490. The quantitative estimate of drug-likeness (QED) is 0.131. The Hall–Kier alpha value is -8.28. The molecular formula is C66H46N2O3. The number of furan rings is 3. The van der Waals surface area contributed by atoms with Gasteiger partial charge >= 0.3 is 0 Å². The summed E-state index contributed by atoms with van der Waals surface area (Å²) in [5, 5.41) is 16.2. The van der Waals surface area contributed by atoms with Crippen LogP contribution in [-0.4, -0.2) is 9.13 Å². The van der Waals surface area contributed by atoms with Crippen LogP contribution in [0.2, 0.25) is 0 Å². The van der Waals surface area contributed by atoms with Gasteiger partial charge in [-0.25, -0.2) is 0 Å². The number of aromatic nitrogens is 2. The van der Waals surface area contributed by atoms with Gasteiger partial charge in [-0.1, -0.05) is 159 Å². The molecular weight excluding hydrogens is 869 g/mol. The minimum atomic E-state index is 0.532. The van der Waals surface area contributed by atoms with E-state index in [1.807, 2.05) is 0 Å². The van der Waals surface area contributed by atoms with E-state index in [-0.39, 0.29) is 0 Å². The zero-order valence-corrected chi connectivity index (χ0v) is 39.1. The molecule has 5 heteroatoms. The lowest BCUT2D eigenvalue weighted by Gasteiger charge is -2.20. The number of rotatable bonds is 4. The van der Waals surface area contributed by atoms with Crippen LogP contribution < -0.4 is 0 Å². The summed E-state index contributed by atoms with van der Waals surface area (Å²) in [6.45, 7) is 0. The molecule has 5 heterocycles. The molecule has 10 aromatic carbocycles. The summed E-state index contributed by atoms with van der Waals surface area (Å²) in [6, 6.07) is 62.9. The standard InChI is InChI=1S/C66H46N2O3/c1-2-16-37(15-1)39-21-9-25-45-47-27-13-33-55(65(47)70-61(39)45)67-53-31-7-5-19-41(53)43-23-11-29-49-59(43)57(67)35-51-52-36-58-60-44(24-12-30-50(60)64(52)69-63(49)51)42-20-6-8-32-54(42)68(58)56-34-14-28-48-46-26-10-22-40(38-17-3-4-18-38)62(46)71-66(48)56/h5-14,19-38H,1-4,15-18H2. The van der Waals surface area contributed by atoms with E-state index in [4.69, 9.17) is 13.3 Å². The Morgan fingerprint density at radius 3 is 1.10 bits per heavy atom. The zero-order chi connectivity index (χ0) is 46.1. The first-order valence-electron chi connectivity index (χ1n) is 25.8. The van der Waals surface area contributed by atoms with Gasteiger partial charge in [0.05, 0.1) is 33.4 Å². The normalized spacial score (nSPS) is 15.3. The molecule has 0 spiro atoms. The Kier molecular flexibility index (Phi) is 7.70. The van der Waals surface area contributed by atoms with E-state index >= 15 is 0 Å². The van der Waals surface area contributed by atoms with Crippen LogP contribution in [0.1, 0.15) is 74.3 Å². The highest BCUT2D eigenvalue weighted by molar-refractivity contribution is 6.33. The molecule has 2 fully saturated rings. The molecule has 338 valence electrons. The van der Waals surface area contributed by atoms with Crippen molar-refractivity contribution in [3.63, 3.8) is 0 Å². The van der Waals surface area contributed by atoms with Crippen molar-refractivity contribution in [3.8, 4) is 11.4 Å². The van der Waals surface area contributed by atoms with Gasteiger partial charge in [-0.15, -0.1) is 0 Å². The number of hydrogen-bond donors (Lipinski definition) is 0. The van der Waals surface area contributed by atoms with Crippen LogP contribution in [0.3, 0.4) is 0 Å². The molecule has 5 aromatic heterocycles. The van der Waals surface area contributed by atoms with Crippen molar-refractivity contribution in [3.05, 3.63) is 181 Å². The van der Waals surface area contributed by atoms with E-state index in [9.17, 15) is 0 Å². The molecule has 5 nitrogen and oxygen atoms in total. The summed E-state index contributed by atoms with van der Waals surface area (Å²) in [7, 11) is 0. The van der Waals surface area contributed by atoms with E-state index in [1.165, 1.54) is 106 Å². The van der Waals surface area contributed by atoms with Crippen LogP contribution in [0.15, 0.2) is 183 Å². The summed E-state index contributed by atoms with van der Waals surface area (Å²) < 4.78 is 26.7. The van der Waals surface area contributed by atoms with Crippen molar-refractivity contribution in [2.45, 2.75) is 63.2 Å². The maximum Gasteiger partial charge on any atom is 0.159 e. The maximum atomic E-state index is 7.36. The second kappa shape index (κ2) is 14.2. The molecule has 0 atom stereocenters. The van der Waals surface area contributed by atoms with Crippen LogP contribution in [0.25, 0.3) is 142 Å². The first kappa shape index (κ1) is 38.6. The summed E-state index contributed by atoms with van der Waals surface area (Å²) in [6.07, 6.45) is 9.98. The fraction of sp³-hybridized carbons (Fsp3) is 0.152. The molecule has 2 aliphatic rings. The largest absolute Gasteiger partial charge is 0.455 e. The van der Waals surface area contributed by atoms with E-state index < -0.39 is 0 Å². The highest BCUT2D eigenvalue weighted by Crippen LogP contribution is 2.49. The van der Waals surface area contributed by atoms with Crippen LogP contribution >= 0.6 is 0 Å². The number of pyridine rings is 2. The molecule has 15 aromatic rings. The molecule has 0 saturated heterocycles. The molecule has 0 bridgehead atoms. The lowest BCUT2D eigenvalue weighted by molar-refractivity contribution is 0.641. The van der Waals surface area contributed by atoms with Gasteiger partial charge in [-0.3, -0.25) is 0 Å². The first-order chi connectivity index (χ1) is 35.2. The van der Waals surface area contributed by atoms with Gasteiger partial charge in [-0.2, -0.15) is 0 Å². The Morgan fingerprint density at radius 1 is 0.282 bits per heavy atom. The predicted octanol–water partition coefficient (Wildman–Crippen LogP) is 19.2. The lowest BCUT2D eigenvalue weighted by Crippen LogP contribution is -2.02. The third-order valence-corrected chi connectivity index (χ3v) is 17.2. The molecule has 0 aliphatic heterocycles. The number of para-hydroxylation sites is 6. The van der Waals surface area contributed by atoms with Gasteiger partial charge < -0.3 is 22.4 Å². The summed E-state index contributed by atoms with van der Waals surface area (Å²) in [5.74, 6) is 1.06. The fourth-order valence-corrected chi connectivity index (χ4v) is 14.1. The Morgan fingerprint density at radius 2 is 0.634 bits per heavy atom. The van der Waals surface area contributed by atoms with Gasteiger partial charge in [0.15, 0.2) is 11.2 Å². The van der Waals surface area contributed by atoms with Gasteiger partial charge in [0.25, 0.3) is 0 Å². The second-order valence-electron chi connectivity index (χ2n) is 20.7. The molecule has 2 aliphatic carbocycles. The average molecular weight is 915 g/mol. The van der Waals surface area contributed by atoms with Crippen molar-refractivity contribution >= 4 is 131 Å². The van der Waals surface area contributed by atoms with Gasteiger partial charge in [0.2, 0.25) is 0 Å². The van der Waals surface area contributed by atoms with Crippen LogP contribution in [-0.2, 0) is 0 Å². The van der Waals surface area contributed by atoms with Gasteiger partial charge in [0.1, 0.15) is 22.3 Å². The monoisotopic (exact) mass is 914 g/mol. The Labute approximate surface area is 407 Å². The van der Waals surface area contributed by atoms with Crippen LogP contribution in [0, 0.1) is 0 Å². The zero-order valence-electron chi connectivity index (χ0n) is 39.1. The van der Waals surface area contributed by atoms with E-state index in [0.717, 1.165) is 99.3 Å². The fourth-order valence-electron chi connectivity index (χ4n) is 14.1. The molecule has 0 radical (unpaired) electrons. The van der Waals surface area contributed by atoms with Crippen LogP contribution in [0.4, 0.5) is 0 Å². The van der Waals surface area contributed by atoms with Crippen molar-refractivity contribution in [1.82, 2.24) is 9.13 Å². The van der Waals surface area contributed by atoms with E-state index in [0.29, 0.717) is 11.8 Å².